The molecule has 1 aliphatic rings. The van der Waals surface area contributed by atoms with Crippen molar-refractivity contribution in [1.29, 1.82) is 0 Å². The fraction of sp³-hybridized carbons (Fsp3) is 0.364. The van der Waals surface area contributed by atoms with Gasteiger partial charge in [0.05, 0.1) is 29.6 Å². The van der Waals surface area contributed by atoms with E-state index in [9.17, 15) is 22.8 Å². The van der Waals surface area contributed by atoms with Crippen molar-refractivity contribution in [3.05, 3.63) is 58.4 Å². The molecular weight excluding hydrogens is 397 g/mol. The van der Waals surface area contributed by atoms with E-state index in [2.05, 4.69) is 0 Å². The SMILES string of the molecule is CCOC(=O)N1c2cc(C)c(C)cc2N(C(=O)c2cc(F)c(F)cc2F)CC1CC. The number of anilines is 2. The second-order valence-electron chi connectivity index (χ2n) is 7.22. The smallest absolute Gasteiger partial charge is 0.414 e. The second kappa shape index (κ2) is 8.38. The largest absolute Gasteiger partial charge is 0.449 e. The highest BCUT2D eigenvalue weighted by atomic mass is 19.2. The highest BCUT2D eigenvalue weighted by Crippen LogP contribution is 2.39. The van der Waals surface area contributed by atoms with E-state index in [1.165, 1.54) is 9.80 Å². The number of nitrogens with zero attached hydrogens (tertiary/aromatic N) is 2. The highest BCUT2D eigenvalue weighted by Gasteiger charge is 2.38. The van der Waals surface area contributed by atoms with E-state index in [-0.39, 0.29) is 13.2 Å². The van der Waals surface area contributed by atoms with Crippen LogP contribution in [0.25, 0.3) is 0 Å². The Balaban J connectivity index is 2.16. The number of halogens is 3. The number of rotatable bonds is 3. The molecule has 0 aromatic heterocycles. The highest BCUT2D eigenvalue weighted by molar-refractivity contribution is 6.10. The summed E-state index contributed by atoms with van der Waals surface area (Å²) in [4.78, 5) is 28.6. The quantitative estimate of drug-likeness (QED) is 0.648. The van der Waals surface area contributed by atoms with E-state index in [1.54, 1.807) is 19.1 Å². The standard InChI is InChI=1S/C22H23F3N2O3/c1-5-14-11-26(21(28)15-9-17(24)18(25)10-16(15)23)19-7-12(3)13(4)8-20(19)27(14)22(29)30-6-2/h7-10,14H,5-6,11H2,1-4H3. The minimum atomic E-state index is -1.37. The lowest BCUT2D eigenvalue weighted by Crippen LogP contribution is -2.53. The molecule has 0 N–H and O–H groups in total. The van der Waals surface area contributed by atoms with Crippen LogP contribution in [0.1, 0.15) is 41.8 Å². The molecule has 0 saturated carbocycles. The Bertz CT molecular complexity index is 1010. The van der Waals surface area contributed by atoms with E-state index in [4.69, 9.17) is 4.74 Å². The van der Waals surface area contributed by atoms with Crippen molar-refractivity contribution in [1.82, 2.24) is 0 Å². The molecule has 1 atom stereocenters. The molecule has 0 radical (unpaired) electrons. The number of aryl methyl sites for hydroxylation is 2. The fourth-order valence-electron chi connectivity index (χ4n) is 3.56. The predicted octanol–water partition coefficient (Wildman–Crippen LogP) is 5.12. The van der Waals surface area contributed by atoms with Crippen molar-refractivity contribution in [2.24, 2.45) is 0 Å². The zero-order valence-electron chi connectivity index (χ0n) is 17.3. The number of fused-ring (bicyclic) bond motifs is 1. The van der Waals surface area contributed by atoms with E-state index in [0.29, 0.717) is 29.9 Å². The molecule has 8 heteroatoms. The first-order valence-corrected chi connectivity index (χ1v) is 9.73. The fourth-order valence-corrected chi connectivity index (χ4v) is 3.56. The monoisotopic (exact) mass is 420 g/mol. The van der Waals surface area contributed by atoms with Crippen LogP contribution in [0, 0.1) is 31.3 Å². The van der Waals surface area contributed by atoms with Crippen LogP contribution >= 0.6 is 0 Å². The van der Waals surface area contributed by atoms with Gasteiger partial charge in [-0.05, 0) is 56.5 Å². The molecule has 0 bridgehead atoms. The summed E-state index contributed by atoms with van der Waals surface area (Å²) < 4.78 is 46.5. The Kier molecular flexibility index (Phi) is 6.05. The third-order valence-electron chi connectivity index (χ3n) is 5.32. The lowest BCUT2D eigenvalue weighted by atomic mass is 9.99. The van der Waals surface area contributed by atoms with Gasteiger partial charge in [0, 0.05) is 12.6 Å². The zero-order chi connectivity index (χ0) is 22.2. The van der Waals surface area contributed by atoms with Crippen LogP contribution in [0.2, 0.25) is 0 Å². The molecule has 1 heterocycles. The van der Waals surface area contributed by atoms with Gasteiger partial charge in [-0.1, -0.05) is 6.92 Å². The van der Waals surface area contributed by atoms with Crippen molar-refractivity contribution < 1.29 is 27.5 Å². The molecule has 160 valence electrons. The molecule has 0 spiro atoms. The van der Waals surface area contributed by atoms with E-state index in [1.807, 2.05) is 20.8 Å². The van der Waals surface area contributed by atoms with Crippen LogP contribution in [0.4, 0.5) is 29.3 Å². The Hall–Kier alpha value is -3.03. The first-order valence-electron chi connectivity index (χ1n) is 9.73. The lowest BCUT2D eigenvalue weighted by Gasteiger charge is -2.42. The Morgan fingerprint density at radius 3 is 2.17 bits per heavy atom. The van der Waals surface area contributed by atoms with Crippen LogP contribution in [0.3, 0.4) is 0 Å². The summed E-state index contributed by atoms with van der Waals surface area (Å²) in [5.74, 6) is -4.63. The summed E-state index contributed by atoms with van der Waals surface area (Å²) in [6.45, 7) is 7.51. The molecule has 0 aliphatic carbocycles. The maximum atomic E-state index is 14.3. The van der Waals surface area contributed by atoms with Crippen LogP contribution in [0.15, 0.2) is 24.3 Å². The number of carbonyl (C=O) groups is 2. The van der Waals surface area contributed by atoms with E-state index >= 15 is 0 Å². The van der Waals surface area contributed by atoms with Crippen molar-refractivity contribution >= 4 is 23.4 Å². The molecule has 5 nitrogen and oxygen atoms in total. The molecule has 2 aromatic rings. The number of ether oxygens (including phenoxy) is 1. The van der Waals surface area contributed by atoms with Gasteiger partial charge in [0.25, 0.3) is 5.91 Å². The summed E-state index contributed by atoms with van der Waals surface area (Å²) >= 11 is 0. The van der Waals surface area contributed by atoms with Gasteiger partial charge in [-0.2, -0.15) is 0 Å². The van der Waals surface area contributed by atoms with Crippen LogP contribution in [0.5, 0.6) is 0 Å². The van der Waals surface area contributed by atoms with Gasteiger partial charge in [-0.15, -0.1) is 0 Å². The normalized spacial score (nSPS) is 15.8. The van der Waals surface area contributed by atoms with Gasteiger partial charge in [0.2, 0.25) is 0 Å². The summed E-state index contributed by atoms with van der Waals surface area (Å²) in [7, 11) is 0. The summed E-state index contributed by atoms with van der Waals surface area (Å²) in [6, 6.07) is 3.97. The molecule has 1 aliphatic heterocycles. The molecule has 30 heavy (non-hydrogen) atoms. The number of hydrogen-bond acceptors (Lipinski definition) is 3. The Morgan fingerprint density at radius 1 is 0.967 bits per heavy atom. The van der Waals surface area contributed by atoms with Gasteiger partial charge in [0.15, 0.2) is 11.6 Å². The maximum Gasteiger partial charge on any atom is 0.414 e. The minimum Gasteiger partial charge on any atom is -0.449 e. The van der Waals surface area contributed by atoms with Crippen LogP contribution in [-0.2, 0) is 4.74 Å². The summed E-state index contributed by atoms with van der Waals surface area (Å²) in [6.07, 6.45) is -0.0464. The van der Waals surface area contributed by atoms with Crippen LogP contribution in [-0.4, -0.2) is 31.2 Å². The van der Waals surface area contributed by atoms with Gasteiger partial charge >= 0.3 is 6.09 Å². The number of benzene rings is 2. The molecule has 0 saturated heterocycles. The molecule has 2 amide bonds. The number of carbonyl (C=O) groups excluding carboxylic acids is 2. The van der Waals surface area contributed by atoms with Crippen molar-refractivity contribution in [2.75, 3.05) is 23.0 Å². The summed E-state index contributed by atoms with van der Waals surface area (Å²) in [5.41, 5.74) is 2.01. The predicted molar refractivity (Wildman–Crippen MR) is 107 cm³/mol. The summed E-state index contributed by atoms with van der Waals surface area (Å²) in [5, 5.41) is 0. The first-order chi connectivity index (χ1) is 14.2. The first kappa shape index (κ1) is 21.7. The molecule has 1 unspecified atom stereocenters. The molecule has 2 aromatic carbocycles. The minimum absolute atomic E-state index is 0.0576. The van der Waals surface area contributed by atoms with Gasteiger partial charge in [0.1, 0.15) is 5.82 Å². The Labute approximate surface area is 173 Å². The average molecular weight is 420 g/mol. The maximum absolute atomic E-state index is 14.3. The lowest BCUT2D eigenvalue weighted by molar-refractivity contribution is 0.0977. The number of amides is 2. The molecule has 0 fully saturated rings. The molecule has 3 rings (SSSR count). The zero-order valence-corrected chi connectivity index (χ0v) is 17.3. The second-order valence-corrected chi connectivity index (χ2v) is 7.22. The average Bonchev–Trinajstić information content (AvgIpc) is 2.70. The van der Waals surface area contributed by atoms with Gasteiger partial charge in [-0.3, -0.25) is 9.69 Å². The van der Waals surface area contributed by atoms with Crippen LogP contribution < -0.4 is 9.80 Å². The van der Waals surface area contributed by atoms with Crippen molar-refractivity contribution in [3.63, 3.8) is 0 Å². The van der Waals surface area contributed by atoms with Crippen molar-refractivity contribution in [3.8, 4) is 0 Å². The molecular formula is C22H23F3N2O3. The third-order valence-corrected chi connectivity index (χ3v) is 5.32. The number of hydrogen-bond donors (Lipinski definition) is 0. The van der Waals surface area contributed by atoms with Gasteiger partial charge < -0.3 is 9.64 Å². The van der Waals surface area contributed by atoms with Crippen molar-refractivity contribution in [2.45, 2.75) is 40.2 Å². The Morgan fingerprint density at radius 2 is 1.57 bits per heavy atom. The van der Waals surface area contributed by atoms with E-state index in [0.717, 1.165) is 11.1 Å². The van der Waals surface area contributed by atoms with E-state index < -0.39 is 41.1 Å². The topological polar surface area (TPSA) is 49.9 Å². The van der Waals surface area contributed by atoms with Gasteiger partial charge in [-0.25, -0.2) is 18.0 Å². The third kappa shape index (κ3) is 3.74.